The van der Waals surface area contributed by atoms with E-state index in [4.69, 9.17) is 0 Å². The molecule has 4 heteroatoms. The van der Waals surface area contributed by atoms with E-state index in [-0.39, 0.29) is 6.04 Å². The number of anilines is 1. The van der Waals surface area contributed by atoms with E-state index in [1.807, 2.05) is 12.4 Å². The van der Waals surface area contributed by atoms with Gasteiger partial charge in [0.15, 0.2) is 0 Å². The molecule has 4 nitrogen and oxygen atoms in total. The summed E-state index contributed by atoms with van der Waals surface area (Å²) in [6.07, 6.45) is 3.91. The Hall–Kier alpha value is -1.81. The molecule has 20 heavy (non-hydrogen) atoms. The molecule has 0 spiro atoms. The quantitative estimate of drug-likeness (QED) is 0.877. The predicted octanol–water partition coefficient (Wildman–Crippen LogP) is 2.67. The molecule has 0 aliphatic carbocycles. The standard InChI is InChI=1S/C16H24N4/c1-5-17-15(16-18-10-11-20(16)6-2)13-8-7-9-14(12-13)19(3)4/h7-12,15,17H,5-6H2,1-4H3. The number of rotatable bonds is 6. The van der Waals surface area contributed by atoms with Gasteiger partial charge in [-0.15, -0.1) is 0 Å². The third-order valence-electron chi connectivity index (χ3n) is 3.47. The molecule has 0 bridgehead atoms. The average Bonchev–Trinajstić information content (AvgIpc) is 2.93. The van der Waals surface area contributed by atoms with Crippen molar-refractivity contribution in [3.8, 4) is 0 Å². The van der Waals surface area contributed by atoms with Crippen molar-refractivity contribution in [2.24, 2.45) is 0 Å². The van der Waals surface area contributed by atoms with Crippen molar-refractivity contribution in [1.82, 2.24) is 14.9 Å². The van der Waals surface area contributed by atoms with Crippen LogP contribution in [0.5, 0.6) is 0 Å². The van der Waals surface area contributed by atoms with Crippen molar-refractivity contribution < 1.29 is 0 Å². The minimum atomic E-state index is 0.134. The fraction of sp³-hybridized carbons (Fsp3) is 0.438. The van der Waals surface area contributed by atoms with Gasteiger partial charge in [0.25, 0.3) is 0 Å². The van der Waals surface area contributed by atoms with E-state index in [0.29, 0.717) is 0 Å². The van der Waals surface area contributed by atoms with Crippen molar-refractivity contribution in [3.63, 3.8) is 0 Å². The zero-order valence-corrected chi connectivity index (χ0v) is 12.8. The van der Waals surface area contributed by atoms with Crippen LogP contribution in [-0.2, 0) is 6.54 Å². The lowest BCUT2D eigenvalue weighted by molar-refractivity contribution is 0.559. The maximum Gasteiger partial charge on any atom is 0.130 e. The van der Waals surface area contributed by atoms with Gasteiger partial charge >= 0.3 is 0 Å². The third-order valence-corrected chi connectivity index (χ3v) is 3.47. The second-order valence-electron chi connectivity index (χ2n) is 5.05. The number of hydrogen-bond acceptors (Lipinski definition) is 3. The van der Waals surface area contributed by atoms with Gasteiger partial charge in [0, 0.05) is 38.7 Å². The van der Waals surface area contributed by atoms with E-state index in [2.05, 4.69) is 72.0 Å². The number of aromatic nitrogens is 2. The lowest BCUT2D eigenvalue weighted by Crippen LogP contribution is -2.25. The molecule has 2 aromatic rings. The number of hydrogen-bond donors (Lipinski definition) is 1. The first-order chi connectivity index (χ1) is 9.67. The monoisotopic (exact) mass is 272 g/mol. The Morgan fingerprint density at radius 3 is 2.75 bits per heavy atom. The van der Waals surface area contributed by atoms with Crippen LogP contribution in [0.2, 0.25) is 0 Å². The zero-order valence-electron chi connectivity index (χ0n) is 12.8. The summed E-state index contributed by atoms with van der Waals surface area (Å²) in [6, 6.07) is 8.75. The Labute approximate surface area is 121 Å². The summed E-state index contributed by atoms with van der Waals surface area (Å²) in [5.41, 5.74) is 2.46. The second kappa shape index (κ2) is 6.57. The van der Waals surface area contributed by atoms with Crippen LogP contribution < -0.4 is 10.2 Å². The van der Waals surface area contributed by atoms with Crippen LogP contribution in [-0.4, -0.2) is 30.2 Å². The molecule has 1 aromatic carbocycles. The first-order valence-corrected chi connectivity index (χ1v) is 7.19. The number of nitrogens with one attached hydrogen (secondary N) is 1. The summed E-state index contributed by atoms with van der Waals surface area (Å²) in [5.74, 6) is 1.07. The normalized spacial score (nSPS) is 12.4. The highest BCUT2D eigenvalue weighted by Gasteiger charge is 2.18. The van der Waals surface area contributed by atoms with E-state index in [1.54, 1.807) is 0 Å². The van der Waals surface area contributed by atoms with Crippen LogP contribution in [0.1, 0.15) is 31.3 Å². The summed E-state index contributed by atoms with van der Waals surface area (Å²) < 4.78 is 2.19. The average molecular weight is 272 g/mol. The van der Waals surface area contributed by atoms with Crippen molar-refractivity contribution in [1.29, 1.82) is 0 Å². The van der Waals surface area contributed by atoms with Crippen LogP contribution in [0.4, 0.5) is 5.69 Å². The highest BCUT2D eigenvalue weighted by Crippen LogP contribution is 2.24. The molecule has 1 aromatic heterocycles. The maximum atomic E-state index is 4.54. The maximum absolute atomic E-state index is 4.54. The van der Waals surface area contributed by atoms with Gasteiger partial charge in [-0.1, -0.05) is 19.1 Å². The van der Waals surface area contributed by atoms with Crippen molar-refractivity contribution in [2.45, 2.75) is 26.4 Å². The zero-order chi connectivity index (χ0) is 14.5. The van der Waals surface area contributed by atoms with Gasteiger partial charge in [-0.05, 0) is 31.2 Å². The highest BCUT2D eigenvalue weighted by molar-refractivity contribution is 5.48. The molecule has 1 N–H and O–H groups in total. The first-order valence-electron chi connectivity index (χ1n) is 7.19. The molecule has 2 rings (SSSR count). The van der Waals surface area contributed by atoms with Gasteiger partial charge in [-0.2, -0.15) is 0 Å². The first kappa shape index (κ1) is 14.6. The smallest absolute Gasteiger partial charge is 0.130 e. The van der Waals surface area contributed by atoms with Gasteiger partial charge < -0.3 is 14.8 Å². The van der Waals surface area contributed by atoms with Gasteiger partial charge in [0.2, 0.25) is 0 Å². The molecule has 1 unspecified atom stereocenters. The van der Waals surface area contributed by atoms with E-state index >= 15 is 0 Å². The third kappa shape index (κ3) is 3.02. The Morgan fingerprint density at radius 2 is 2.10 bits per heavy atom. The van der Waals surface area contributed by atoms with E-state index in [1.165, 1.54) is 11.3 Å². The summed E-state index contributed by atoms with van der Waals surface area (Å²) in [5, 5.41) is 3.54. The summed E-state index contributed by atoms with van der Waals surface area (Å²) in [7, 11) is 4.13. The Morgan fingerprint density at radius 1 is 1.30 bits per heavy atom. The van der Waals surface area contributed by atoms with Crippen molar-refractivity contribution in [3.05, 3.63) is 48.0 Å². The molecule has 1 heterocycles. The number of benzene rings is 1. The fourth-order valence-electron chi connectivity index (χ4n) is 2.39. The molecule has 0 saturated heterocycles. The molecule has 1 atom stereocenters. The molecular weight excluding hydrogens is 248 g/mol. The van der Waals surface area contributed by atoms with Gasteiger partial charge in [0.05, 0.1) is 6.04 Å². The molecule has 108 valence electrons. The molecule has 0 aliphatic rings. The summed E-state index contributed by atoms with van der Waals surface area (Å²) in [6.45, 7) is 6.12. The SMILES string of the molecule is CCNC(c1cccc(N(C)C)c1)c1nccn1CC. The van der Waals surface area contributed by atoms with Crippen molar-refractivity contribution in [2.75, 3.05) is 25.5 Å². The lowest BCUT2D eigenvalue weighted by atomic mass is 10.0. The minimum Gasteiger partial charge on any atom is -0.378 e. The number of aryl methyl sites for hydroxylation is 1. The van der Waals surface area contributed by atoms with E-state index in [0.717, 1.165) is 18.9 Å². The van der Waals surface area contributed by atoms with Crippen LogP contribution >= 0.6 is 0 Å². The second-order valence-corrected chi connectivity index (χ2v) is 5.05. The van der Waals surface area contributed by atoms with Gasteiger partial charge in [0.1, 0.15) is 5.82 Å². The van der Waals surface area contributed by atoms with Crippen LogP contribution in [0.25, 0.3) is 0 Å². The van der Waals surface area contributed by atoms with Crippen LogP contribution in [0.15, 0.2) is 36.7 Å². The highest BCUT2D eigenvalue weighted by atomic mass is 15.1. The van der Waals surface area contributed by atoms with Gasteiger partial charge in [-0.3, -0.25) is 0 Å². The largest absolute Gasteiger partial charge is 0.378 e. The van der Waals surface area contributed by atoms with Crippen molar-refractivity contribution >= 4 is 5.69 Å². The van der Waals surface area contributed by atoms with Crippen LogP contribution in [0, 0.1) is 0 Å². The number of nitrogens with zero attached hydrogens (tertiary/aromatic N) is 3. The van der Waals surface area contributed by atoms with E-state index in [9.17, 15) is 0 Å². The summed E-state index contributed by atoms with van der Waals surface area (Å²) >= 11 is 0. The molecule has 0 aliphatic heterocycles. The fourth-order valence-corrected chi connectivity index (χ4v) is 2.39. The molecule has 0 fully saturated rings. The Balaban J connectivity index is 2.40. The number of imidazole rings is 1. The topological polar surface area (TPSA) is 33.1 Å². The van der Waals surface area contributed by atoms with E-state index < -0.39 is 0 Å². The van der Waals surface area contributed by atoms with Gasteiger partial charge in [-0.25, -0.2) is 4.98 Å². The predicted molar refractivity (Wildman–Crippen MR) is 84.2 cm³/mol. The Bertz CT molecular complexity index is 545. The summed E-state index contributed by atoms with van der Waals surface area (Å²) in [4.78, 5) is 6.67. The molecule has 0 radical (unpaired) electrons. The lowest BCUT2D eigenvalue weighted by Gasteiger charge is -2.21. The van der Waals surface area contributed by atoms with Crippen LogP contribution in [0.3, 0.4) is 0 Å². The minimum absolute atomic E-state index is 0.134. The molecular formula is C16H24N4. The molecule has 0 amide bonds. The Kier molecular flexibility index (Phi) is 4.79. The molecule has 0 saturated carbocycles.